The zero-order chi connectivity index (χ0) is 12.6. The van der Waals surface area contributed by atoms with Crippen LogP contribution in [0.15, 0.2) is 4.42 Å². The molecule has 2 heterocycles. The summed E-state index contributed by atoms with van der Waals surface area (Å²) in [6.45, 7) is 4.41. The molecule has 2 atom stereocenters. The standard InChI is InChI=1S/C13H21N3O2/c1-10-14-15-12(18-10)9-16-7-6-13(17)5-3-2-4-11(13)8-16/h11,17H,2-9H2,1H3/t11-,13-/m0/s1. The van der Waals surface area contributed by atoms with Crippen molar-refractivity contribution in [1.82, 2.24) is 15.1 Å². The van der Waals surface area contributed by atoms with Gasteiger partial charge in [0.05, 0.1) is 12.1 Å². The monoisotopic (exact) mass is 251 g/mol. The molecule has 18 heavy (non-hydrogen) atoms. The molecular weight excluding hydrogens is 230 g/mol. The molecule has 1 saturated heterocycles. The number of fused-ring (bicyclic) bond motifs is 1. The van der Waals surface area contributed by atoms with Gasteiger partial charge >= 0.3 is 0 Å². The van der Waals surface area contributed by atoms with Gasteiger partial charge in [-0.05, 0) is 19.3 Å². The molecule has 1 aliphatic heterocycles. The van der Waals surface area contributed by atoms with Crippen molar-refractivity contribution in [1.29, 1.82) is 0 Å². The van der Waals surface area contributed by atoms with Crippen molar-refractivity contribution >= 4 is 0 Å². The predicted octanol–water partition coefficient (Wildman–Crippen LogP) is 1.51. The average molecular weight is 251 g/mol. The zero-order valence-corrected chi connectivity index (χ0v) is 10.9. The SMILES string of the molecule is Cc1nnc(CN2CC[C@@]3(O)CCCC[C@H]3C2)o1. The van der Waals surface area contributed by atoms with Crippen molar-refractivity contribution in [3.63, 3.8) is 0 Å². The molecule has 0 bridgehead atoms. The van der Waals surface area contributed by atoms with Gasteiger partial charge in [0.15, 0.2) is 0 Å². The van der Waals surface area contributed by atoms with Crippen LogP contribution in [0.4, 0.5) is 0 Å². The highest BCUT2D eigenvalue weighted by Gasteiger charge is 2.42. The maximum atomic E-state index is 10.6. The van der Waals surface area contributed by atoms with Crippen molar-refractivity contribution in [3.05, 3.63) is 11.8 Å². The first kappa shape index (κ1) is 12.1. The van der Waals surface area contributed by atoms with Crippen molar-refractivity contribution < 1.29 is 9.52 Å². The van der Waals surface area contributed by atoms with Crippen LogP contribution in [0.25, 0.3) is 0 Å². The first-order chi connectivity index (χ1) is 8.66. The number of aromatic nitrogens is 2. The Kier molecular flexibility index (Phi) is 3.11. The summed E-state index contributed by atoms with van der Waals surface area (Å²) in [5.41, 5.74) is -0.403. The Hall–Kier alpha value is -0.940. The molecule has 1 aromatic rings. The van der Waals surface area contributed by atoms with Crippen LogP contribution in [0.2, 0.25) is 0 Å². The Bertz CT molecular complexity index is 420. The first-order valence-electron chi connectivity index (χ1n) is 6.89. The minimum Gasteiger partial charge on any atom is -0.424 e. The molecule has 5 nitrogen and oxygen atoms in total. The Morgan fingerprint density at radius 1 is 1.39 bits per heavy atom. The average Bonchev–Trinajstić information content (AvgIpc) is 2.75. The lowest BCUT2D eigenvalue weighted by atomic mass is 9.71. The lowest BCUT2D eigenvalue weighted by Crippen LogP contribution is -2.52. The summed E-state index contributed by atoms with van der Waals surface area (Å²) in [7, 11) is 0. The number of rotatable bonds is 2. The smallest absolute Gasteiger partial charge is 0.230 e. The molecule has 1 saturated carbocycles. The largest absolute Gasteiger partial charge is 0.424 e. The van der Waals surface area contributed by atoms with Gasteiger partial charge in [0, 0.05) is 25.9 Å². The minimum absolute atomic E-state index is 0.403. The normalized spacial score (nSPS) is 33.3. The van der Waals surface area contributed by atoms with Gasteiger partial charge in [0.25, 0.3) is 0 Å². The Labute approximate surface area is 107 Å². The van der Waals surface area contributed by atoms with Crippen LogP contribution in [-0.2, 0) is 6.54 Å². The van der Waals surface area contributed by atoms with E-state index in [0.717, 1.165) is 32.4 Å². The summed E-state index contributed by atoms with van der Waals surface area (Å²) in [4.78, 5) is 2.33. The Balaban J connectivity index is 1.63. The number of likely N-dealkylation sites (tertiary alicyclic amines) is 1. The van der Waals surface area contributed by atoms with Gasteiger partial charge < -0.3 is 9.52 Å². The molecular formula is C13H21N3O2. The van der Waals surface area contributed by atoms with E-state index < -0.39 is 5.60 Å². The molecule has 1 aliphatic carbocycles. The molecule has 5 heteroatoms. The van der Waals surface area contributed by atoms with Crippen LogP contribution in [0.3, 0.4) is 0 Å². The van der Waals surface area contributed by atoms with E-state index in [9.17, 15) is 5.11 Å². The van der Waals surface area contributed by atoms with Crippen molar-refractivity contribution in [2.45, 2.75) is 51.2 Å². The summed E-state index contributed by atoms with van der Waals surface area (Å²) >= 11 is 0. The lowest BCUT2D eigenvalue weighted by molar-refractivity contribution is -0.0978. The Morgan fingerprint density at radius 3 is 3.06 bits per heavy atom. The van der Waals surface area contributed by atoms with E-state index in [4.69, 9.17) is 4.42 Å². The quantitative estimate of drug-likeness (QED) is 0.863. The molecule has 2 aliphatic rings. The summed E-state index contributed by atoms with van der Waals surface area (Å²) < 4.78 is 5.42. The fourth-order valence-corrected chi connectivity index (χ4v) is 3.38. The van der Waals surface area contributed by atoms with Gasteiger partial charge in [-0.25, -0.2) is 0 Å². The zero-order valence-electron chi connectivity index (χ0n) is 10.9. The van der Waals surface area contributed by atoms with Crippen LogP contribution in [0, 0.1) is 12.8 Å². The number of nitrogens with zero attached hydrogens (tertiary/aromatic N) is 3. The van der Waals surface area contributed by atoms with Crippen molar-refractivity contribution in [2.75, 3.05) is 13.1 Å². The third-order valence-corrected chi connectivity index (χ3v) is 4.44. The number of piperidine rings is 1. The minimum atomic E-state index is -0.403. The lowest BCUT2D eigenvalue weighted by Gasteiger charge is -2.47. The van der Waals surface area contributed by atoms with E-state index in [1.807, 2.05) is 6.92 Å². The van der Waals surface area contributed by atoms with Gasteiger partial charge in [-0.3, -0.25) is 4.90 Å². The molecule has 100 valence electrons. The number of aryl methyl sites for hydroxylation is 1. The van der Waals surface area contributed by atoms with E-state index in [1.165, 1.54) is 12.8 Å². The van der Waals surface area contributed by atoms with Gasteiger partial charge in [-0.2, -0.15) is 0 Å². The van der Waals surface area contributed by atoms with Gasteiger partial charge in [-0.15, -0.1) is 10.2 Å². The second-order valence-electron chi connectivity index (χ2n) is 5.75. The number of hydrogen-bond donors (Lipinski definition) is 1. The molecule has 3 rings (SSSR count). The van der Waals surface area contributed by atoms with Gasteiger partial charge in [-0.1, -0.05) is 12.8 Å². The first-order valence-corrected chi connectivity index (χ1v) is 6.89. The van der Waals surface area contributed by atoms with Crippen LogP contribution in [-0.4, -0.2) is 38.9 Å². The van der Waals surface area contributed by atoms with E-state index in [1.54, 1.807) is 0 Å². The van der Waals surface area contributed by atoms with Crippen molar-refractivity contribution in [2.24, 2.45) is 5.92 Å². The third-order valence-electron chi connectivity index (χ3n) is 4.44. The summed E-state index contributed by atoms with van der Waals surface area (Å²) in [6, 6.07) is 0. The van der Waals surface area contributed by atoms with E-state index >= 15 is 0 Å². The topological polar surface area (TPSA) is 62.4 Å². The van der Waals surface area contributed by atoms with Crippen LogP contribution >= 0.6 is 0 Å². The molecule has 0 spiro atoms. The number of aliphatic hydroxyl groups is 1. The molecule has 1 N–H and O–H groups in total. The highest BCUT2D eigenvalue weighted by molar-refractivity contribution is 4.96. The van der Waals surface area contributed by atoms with Gasteiger partial charge in [0.2, 0.25) is 11.8 Å². The van der Waals surface area contributed by atoms with E-state index in [0.29, 0.717) is 24.2 Å². The maximum absolute atomic E-state index is 10.6. The number of hydrogen-bond acceptors (Lipinski definition) is 5. The molecule has 0 amide bonds. The molecule has 0 unspecified atom stereocenters. The third kappa shape index (κ3) is 2.29. The Morgan fingerprint density at radius 2 is 2.28 bits per heavy atom. The maximum Gasteiger partial charge on any atom is 0.230 e. The highest BCUT2D eigenvalue weighted by Crippen LogP contribution is 2.39. The summed E-state index contributed by atoms with van der Waals surface area (Å²) in [5.74, 6) is 1.73. The fourth-order valence-electron chi connectivity index (χ4n) is 3.38. The molecule has 0 radical (unpaired) electrons. The van der Waals surface area contributed by atoms with E-state index in [-0.39, 0.29) is 0 Å². The predicted molar refractivity (Wildman–Crippen MR) is 65.8 cm³/mol. The van der Waals surface area contributed by atoms with Gasteiger partial charge in [0.1, 0.15) is 0 Å². The molecule has 1 aromatic heterocycles. The summed E-state index contributed by atoms with van der Waals surface area (Å²) in [6.07, 6.45) is 5.43. The highest BCUT2D eigenvalue weighted by atomic mass is 16.4. The molecule has 2 fully saturated rings. The molecule has 0 aromatic carbocycles. The van der Waals surface area contributed by atoms with E-state index in [2.05, 4.69) is 15.1 Å². The van der Waals surface area contributed by atoms with Crippen LogP contribution in [0.1, 0.15) is 43.9 Å². The summed E-state index contributed by atoms with van der Waals surface area (Å²) in [5, 5.41) is 18.5. The van der Waals surface area contributed by atoms with Crippen LogP contribution in [0.5, 0.6) is 0 Å². The fraction of sp³-hybridized carbons (Fsp3) is 0.846. The second-order valence-corrected chi connectivity index (χ2v) is 5.75. The second kappa shape index (κ2) is 4.63. The van der Waals surface area contributed by atoms with Crippen LogP contribution < -0.4 is 0 Å². The van der Waals surface area contributed by atoms with Crippen molar-refractivity contribution in [3.8, 4) is 0 Å².